The maximum Gasteiger partial charge on any atom is 0.278 e. The maximum absolute atomic E-state index is 13.4. The van der Waals surface area contributed by atoms with Crippen LogP contribution in [0.15, 0.2) is 59.4 Å². The first-order valence-electron chi connectivity index (χ1n) is 10.7. The minimum absolute atomic E-state index is 0.00436. The average Bonchev–Trinajstić information content (AvgIpc) is 3.44. The summed E-state index contributed by atoms with van der Waals surface area (Å²) < 4.78 is 1.35. The fourth-order valence-electron chi connectivity index (χ4n) is 4.33. The topological polar surface area (TPSA) is 104 Å². The lowest BCUT2D eigenvalue weighted by molar-refractivity contribution is -0.139. The summed E-state index contributed by atoms with van der Waals surface area (Å²) in [5.41, 5.74) is 3.11. The number of hydrogen-bond acceptors (Lipinski definition) is 4. The standard InChI is InChI=1S/C24H23N5O3/c1-2-8-19-21(16-13-20(30)28(22(16)31)14-15-9-4-3-5-10-15)23(32)29(27-19)24-25-17-11-6-7-12-18(17)26-24/h3-7,9-12,16,27H,2,8,13-14H2,1H3,(H,25,26)/t16-/m0/s1. The molecule has 1 saturated heterocycles. The summed E-state index contributed by atoms with van der Waals surface area (Å²) >= 11 is 0. The number of aryl methyl sites for hydroxylation is 1. The van der Waals surface area contributed by atoms with Gasteiger partial charge >= 0.3 is 0 Å². The van der Waals surface area contributed by atoms with Gasteiger partial charge in [0.2, 0.25) is 17.8 Å². The molecule has 1 aliphatic heterocycles. The second-order valence-corrected chi connectivity index (χ2v) is 8.03. The van der Waals surface area contributed by atoms with Crippen molar-refractivity contribution in [2.45, 2.75) is 38.6 Å². The number of benzene rings is 2. The van der Waals surface area contributed by atoms with Gasteiger partial charge in [-0.15, -0.1) is 0 Å². The first-order valence-corrected chi connectivity index (χ1v) is 10.7. The summed E-state index contributed by atoms with van der Waals surface area (Å²) in [4.78, 5) is 48.3. The Morgan fingerprint density at radius 1 is 1.03 bits per heavy atom. The predicted octanol–water partition coefficient (Wildman–Crippen LogP) is 3.04. The molecule has 1 aliphatic rings. The zero-order chi connectivity index (χ0) is 22.2. The minimum atomic E-state index is -0.790. The van der Waals surface area contributed by atoms with E-state index in [0.717, 1.165) is 23.0 Å². The Hall–Kier alpha value is -3.94. The number of imidazole rings is 1. The van der Waals surface area contributed by atoms with E-state index in [0.29, 0.717) is 23.6 Å². The largest absolute Gasteiger partial charge is 0.322 e. The molecule has 0 radical (unpaired) electrons. The van der Waals surface area contributed by atoms with Crippen LogP contribution in [0.5, 0.6) is 0 Å². The molecule has 2 aromatic heterocycles. The molecule has 0 unspecified atom stereocenters. The Morgan fingerprint density at radius 3 is 2.53 bits per heavy atom. The summed E-state index contributed by atoms with van der Waals surface area (Å²) in [6.45, 7) is 2.21. The van der Waals surface area contributed by atoms with Crippen LogP contribution in [-0.4, -0.2) is 36.5 Å². The van der Waals surface area contributed by atoms with Crippen molar-refractivity contribution < 1.29 is 9.59 Å². The fourth-order valence-corrected chi connectivity index (χ4v) is 4.33. The quantitative estimate of drug-likeness (QED) is 0.460. The fraction of sp³-hybridized carbons (Fsp3) is 0.250. The van der Waals surface area contributed by atoms with E-state index in [4.69, 9.17) is 0 Å². The molecule has 0 aliphatic carbocycles. The number of likely N-dealkylation sites (tertiary alicyclic amines) is 1. The van der Waals surface area contributed by atoms with Gasteiger partial charge in [0.15, 0.2) is 0 Å². The Labute approximate surface area is 183 Å². The number of H-pyrrole nitrogens is 2. The van der Waals surface area contributed by atoms with E-state index < -0.39 is 5.92 Å². The second-order valence-electron chi connectivity index (χ2n) is 8.03. The van der Waals surface area contributed by atoms with Crippen LogP contribution in [0.25, 0.3) is 17.0 Å². The highest BCUT2D eigenvalue weighted by atomic mass is 16.2. The van der Waals surface area contributed by atoms with Crippen LogP contribution in [0.1, 0.15) is 42.5 Å². The van der Waals surface area contributed by atoms with Crippen molar-refractivity contribution in [1.29, 1.82) is 0 Å². The van der Waals surface area contributed by atoms with Gasteiger partial charge in [-0.2, -0.15) is 4.68 Å². The molecule has 0 saturated carbocycles. The van der Waals surface area contributed by atoms with Gasteiger partial charge in [0, 0.05) is 12.1 Å². The number of rotatable bonds is 6. The molecule has 8 heteroatoms. The van der Waals surface area contributed by atoms with Crippen LogP contribution in [0, 0.1) is 0 Å². The van der Waals surface area contributed by atoms with Crippen LogP contribution in [-0.2, 0) is 22.6 Å². The van der Waals surface area contributed by atoms with Gasteiger partial charge in [-0.05, 0) is 24.1 Å². The number of fused-ring (bicyclic) bond motifs is 1. The van der Waals surface area contributed by atoms with Gasteiger partial charge < -0.3 is 4.98 Å². The number of imide groups is 1. The van der Waals surface area contributed by atoms with E-state index in [9.17, 15) is 14.4 Å². The van der Waals surface area contributed by atoms with E-state index >= 15 is 0 Å². The molecule has 4 aromatic rings. The number of hydrogen-bond donors (Lipinski definition) is 2. The SMILES string of the molecule is CCCc1[nH]n(-c2nc3ccccc3[nH]2)c(=O)c1[C@@H]1CC(=O)N(Cc2ccccc2)C1=O. The monoisotopic (exact) mass is 429 g/mol. The van der Waals surface area contributed by atoms with E-state index in [1.54, 1.807) is 0 Å². The number of aromatic amines is 2. The van der Waals surface area contributed by atoms with Crippen LogP contribution in [0.4, 0.5) is 0 Å². The van der Waals surface area contributed by atoms with E-state index in [1.807, 2.05) is 61.5 Å². The van der Waals surface area contributed by atoms with Crippen LogP contribution < -0.4 is 5.56 Å². The Kier molecular flexibility index (Phi) is 4.97. The number of carbonyl (C=O) groups is 2. The highest BCUT2D eigenvalue weighted by molar-refractivity contribution is 6.06. The summed E-state index contributed by atoms with van der Waals surface area (Å²) in [5.74, 6) is -1.02. The number of carbonyl (C=O) groups excluding carboxylic acids is 2. The van der Waals surface area contributed by atoms with E-state index in [-0.39, 0.29) is 30.3 Å². The first kappa shape index (κ1) is 20.0. The van der Waals surface area contributed by atoms with Crippen LogP contribution >= 0.6 is 0 Å². The van der Waals surface area contributed by atoms with E-state index in [2.05, 4.69) is 15.1 Å². The molecule has 5 rings (SSSR count). The molecule has 2 N–H and O–H groups in total. The third-order valence-corrected chi connectivity index (χ3v) is 5.87. The van der Waals surface area contributed by atoms with Crippen molar-refractivity contribution >= 4 is 22.8 Å². The molecule has 8 nitrogen and oxygen atoms in total. The first-order chi connectivity index (χ1) is 15.6. The highest BCUT2D eigenvalue weighted by Crippen LogP contribution is 2.31. The Morgan fingerprint density at radius 2 is 1.78 bits per heavy atom. The normalized spacial score (nSPS) is 16.4. The molecule has 2 aromatic carbocycles. The van der Waals surface area contributed by atoms with Gasteiger partial charge in [-0.1, -0.05) is 55.8 Å². The molecule has 0 spiro atoms. The smallest absolute Gasteiger partial charge is 0.278 e. The lowest BCUT2D eigenvalue weighted by atomic mass is 9.96. The molecule has 0 bridgehead atoms. The second kappa shape index (κ2) is 7.96. The van der Waals surface area contributed by atoms with Crippen molar-refractivity contribution in [1.82, 2.24) is 24.6 Å². The number of amides is 2. The number of nitrogens with zero attached hydrogens (tertiary/aromatic N) is 3. The summed E-state index contributed by atoms with van der Waals surface area (Å²) in [6, 6.07) is 16.9. The maximum atomic E-state index is 13.4. The van der Waals surface area contributed by atoms with Crippen molar-refractivity contribution in [2.24, 2.45) is 0 Å². The predicted molar refractivity (Wildman–Crippen MR) is 119 cm³/mol. The number of aromatic nitrogens is 4. The highest BCUT2D eigenvalue weighted by Gasteiger charge is 2.42. The molecule has 2 amide bonds. The zero-order valence-electron chi connectivity index (χ0n) is 17.7. The van der Waals surface area contributed by atoms with Crippen LogP contribution in [0.2, 0.25) is 0 Å². The zero-order valence-corrected chi connectivity index (χ0v) is 17.7. The number of para-hydroxylation sites is 2. The molecule has 32 heavy (non-hydrogen) atoms. The summed E-state index contributed by atoms with van der Waals surface area (Å²) in [6.07, 6.45) is 1.37. The lowest BCUT2D eigenvalue weighted by Gasteiger charge is -2.15. The van der Waals surface area contributed by atoms with Gasteiger partial charge in [0.1, 0.15) is 0 Å². The number of nitrogens with one attached hydrogen (secondary N) is 2. The van der Waals surface area contributed by atoms with Crippen molar-refractivity contribution in [2.75, 3.05) is 0 Å². The van der Waals surface area contributed by atoms with Crippen molar-refractivity contribution in [3.05, 3.63) is 81.8 Å². The minimum Gasteiger partial charge on any atom is -0.322 e. The van der Waals surface area contributed by atoms with Crippen LogP contribution in [0.3, 0.4) is 0 Å². The summed E-state index contributed by atoms with van der Waals surface area (Å²) in [7, 11) is 0. The molecule has 3 heterocycles. The van der Waals surface area contributed by atoms with E-state index in [1.165, 1.54) is 9.58 Å². The molecule has 162 valence electrons. The molecular formula is C24H23N5O3. The third-order valence-electron chi connectivity index (χ3n) is 5.87. The van der Waals surface area contributed by atoms with Gasteiger partial charge in [-0.3, -0.25) is 24.4 Å². The van der Waals surface area contributed by atoms with Gasteiger partial charge in [-0.25, -0.2) is 4.98 Å². The lowest BCUT2D eigenvalue weighted by Crippen LogP contribution is -2.31. The van der Waals surface area contributed by atoms with Gasteiger partial charge in [0.05, 0.1) is 29.1 Å². The Balaban J connectivity index is 1.53. The van der Waals surface area contributed by atoms with Crippen molar-refractivity contribution in [3.63, 3.8) is 0 Å². The van der Waals surface area contributed by atoms with Crippen molar-refractivity contribution in [3.8, 4) is 5.95 Å². The molecular weight excluding hydrogens is 406 g/mol. The molecule has 1 atom stereocenters. The van der Waals surface area contributed by atoms with Gasteiger partial charge in [0.25, 0.3) is 5.56 Å². The summed E-state index contributed by atoms with van der Waals surface area (Å²) in [5, 5.41) is 3.13. The molecule has 1 fully saturated rings. The average molecular weight is 429 g/mol. The third kappa shape index (κ3) is 3.33. The Bertz CT molecular complexity index is 1330.